The van der Waals surface area contributed by atoms with E-state index in [0.29, 0.717) is 11.1 Å². The maximum atomic E-state index is 9.87. The number of phenols is 1. The van der Waals surface area contributed by atoms with E-state index < -0.39 is 0 Å². The van der Waals surface area contributed by atoms with Gasteiger partial charge >= 0.3 is 0 Å². The first kappa shape index (κ1) is 11.5. The summed E-state index contributed by atoms with van der Waals surface area (Å²) in [6.07, 6.45) is 1.51. The molecule has 0 radical (unpaired) electrons. The van der Waals surface area contributed by atoms with E-state index in [9.17, 15) is 5.11 Å². The highest BCUT2D eigenvalue weighted by atomic mass is 16.5. The minimum atomic E-state index is 0.00831. The summed E-state index contributed by atoms with van der Waals surface area (Å²) in [5.74, 6) is 0.388. The monoisotopic (exact) mass is 232 g/mol. The second-order valence-electron chi connectivity index (χ2n) is 5.09. The summed E-state index contributed by atoms with van der Waals surface area (Å²) in [5.41, 5.74) is 8.05. The lowest BCUT2D eigenvalue weighted by atomic mass is 9.85. The fourth-order valence-electron chi connectivity index (χ4n) is 1.67. The minimum Gasteiger partial charge on any atom is -0.507 e. The molecule has 0 amide bonds. The van der Waals surface area contributed by atoms with Gasteiger partial charge < -0.3 is 15.4 Å². The molecule has 0 bridgehead atoms. The Hall–Kier alpha value is -1.97. The maximum Gasteiger partial charge on any atom is 0.230 e. The average Bonchev–Trinajstić information content (AvgIpc) is 2.63. The molecule has 0 fully saturated rings. The number of nitrogens with two attached hydrogens (primary N) is 1. The normalized spacial score (nSPS) is 11.7. The van der Waals surface area contributed by atoms with Crippen LogP contribution in [0.15, 0.2) is 28.9 Å². The molecule has 3 N–H and O–H groups in total. The quantitative estimate of drug-likeness (QED) is 0.792. The van der Waals surface area contributed by atoms with Crippen LogP contribution in [0.1, 0.15) is 26.3 Å². The number of nitrogen functional groups attached to an aromatic ring is 1. The third kappa shape index (κ3) is 2.11. The first-order valence-corrected chi connectivity index (χ1v) is 5.43. The van der Waals surface area contributed by atoms with Crippen molar-refractivity contribution in [1.29, 1.82) is 0 Å². The molecule has 0 aliphatic rings. The summed E-state index contributed by atoms with van der Waals surface area (Å²) in [7, 11) is 0. The third-order valence-electron chi connectivity index (χ3n) is 2.75. The molecule has 4 heteroatoms. The fraction of sp³-hybridized carbons (Fsp3) is 0.308. The Morgan fingerprint density at radius 1 is 1.24 bits per heavy atom. The van der Waals surface area contributed by atoms with Gasteiger partial charge in [-0.3, -0.25) is 0 Å². The van der Waals surface area contributed by atoms with Crippen molar-refractivity contribution in [2.75, 3.05) is 5.73 Å². The second-order valence-corrected chi connectivity index (χ2v) is 5.09. The number of rotatable bonds is 1. The van der Waals surface area contributed by atoms with Crippen LogP contribution in [0.2, 0.25) is 0 Å². The molecule has 0 atom stereocenters. The molecule has 2 rings (SSSR count). The summed E-state index contributed by atoms with van der Waals surface area (Å²) in [6.45, 7) is 6.33. The van der Waals surface area contributed by atoms with E-state index in [2.05, 4.69) is 25.9 Å². The highest BCUT2D eigenvalue weighted by molar-refractivity contribution is 5.77. The Morgan fingerprint density at radius 2 is 1.94 bits per heavy atom. The van der Waals surface area contributed by atoms with Crippen molar-refractivity contribution in [3.05, 3.63) is 30.0 Å². The van der Waals surface area contributed by atoms with Crippen LogP contribution in [-0.2, 0) is 5.41 Å². The maximum absolute atomic E-state index is 9.87. The van der Waals surface area contributed by atoms with Crippen molar-refractivity contribution in [2.24, 2.45) is 0 Å². The predicted molar refractivity (Wildman–Crippen MR) is 66.7 cm³/mol. The molecule has 1 heterocycles. The van der Waals surface area contributed by atoms with Gasteiger partial charge in [0.25, 0.3) is 0 Å². The number of aromatic hydroxyl groups is 1. The molecule has 1 aromatic heterocycles. The first-order chi connectivity index (χ1) is 7.89. The first-order valence-electron chi connectivity index (χ1n) is 5.43. The van der Waals surface area contributed by atoms with E-state index >= 15 is 0 Å². The van der Waals surface area contributed by atoms with Crippen molar-refractivity contribution in [1.82, 2.24) is 5.16 Å². The van der Waals surface area contributed by atoms with Crippen LogP contribution in [0.4, 0.5) is 5.88 Å². The Kier molecular flexibility index (Phi) is 2.58. The highest BCUT2D eigenvalue weighted by Gasteiger charge is 2.18. The molecular formula is C13H16N2O2. The number of nitrogens with zero attached hydrogens (tertiary/aromatic N) is 1. The third-order valence-corrected chi connectivity index (χ3v) is 2.75. The zero-order valence-corrected chi connectivity index (χ0v) is 10.2. The van der Waals surface area contributed by atoms with Gasteiger partial charge in [-0.05, 0) is 23.1 Å². The van der Waals surface area contributed by atoms with Crippen LogP contribution in [-0.4, -0.2) is 10.3 Å². The van der Waals surface area contributed by atoms with Crippen molar-refractivity contribution in [3.8, 4) is 16.9 Å². The van der Waals surface area contributed by atoms with Gasteiger partial charge in [-0.25, -0.2) is 0 Å². The molecule has 17 heavy (non-hydrogen) atoms. The number of hydrogen-bond acceptors (Lipinski definition) is 4. The van der Waals surface area contributed by atoms with Crippen LogP contribution in [0, 0.1) is 0 Å². The lowest BCUT2D eigenvalue weighted by Crippen LogP contribution is -2.10. The van der Waals surface area contributed by atoms with Crippen LogP contribution >= 0.6 is 0 Å². The number of benzene rings is 1. The smallest absolute Gasteiger partial charge is 0.230 e. The van der Waals surface area contributed by atoms with E-state index in [0.717, 1.165) is 5.56 Å². The second kappa shape index (κ2) is 3.80. The fourth-order valence-corrected chi connectivity index (χ4v) is 1.67. The zero-order valence-electron chi connectivity index (χ0n) is 10.2. The van der Waals surface area contributed by atoms with Gasteiger partial charge in [0.2, 0.25) is 5.88 Å². The lowest BCUT2D eigenvalue weighted by Gasteiger charge is -2.20. The molecule has 0 aliphatic carbocycles. The molecular weight excluding hydrogens is 216 g/mol. The molecule has 0 saturated carbocycles. The minimum absolute atomic E-state index is 0.00831. The van der Waals surface area contributed by atoms with Gasteiger partial charge in [0, 0.05) is 5.56 Å². The average molecular weight is 232 g/mol. The highest BCUT2D eigenvalue weighted by Crippen LogP contribution is 2.36. The van der Waals surface area contributed by atoms with Crippen LogP contribution in [0.25, 0.3) is 11.1 Å². The van der Waals surface area contributed by atoms with E-state index in [4.69, 9.17) is 10.3 Å². The molecule has 0 spiro atoms. The summed E-state index contributed by atoms with van der Waals surface area (Å²) in [6, 6.07) is 5.49. The Morgan fingerprint density at radius 3 is 2.47 bits per heavy atom. The van der Waals surface area contributed by atoms with Crippen molar-refractivity contribution >= 4 is 5.88 Å². The number of aromatic nitrogens is 1. The summed E-state index contributed by atoms with van der Waals surface area (Å²) in [4.78, 5) is 0. The number of hydrogen-bond donors (Lipinski definition) is 2. The van der Waals surface area contributed by atoms with Crippen LogP contribution in [0.5, 0.6) is 5.75 Å². The van der Waals surface area contributed by atoms with Gasteiger partial charge in [0.15, 0.2) is 0 Å². The van der Waals surface area contributed by atoms with Gasteiger partial charge in [0.05, 0.1) is 11.8 Å². The van der Waals surface area contributed by atoms with Gasteiger partial charge in [0.1, 0.15) is 5.75 Å². The molecule has 1 aromatic carbocycles. The molecule has 4 nitrogen and oxygen atoms in total. The van der Waals surface area contributed by atoms with Gasteiger partial charge in [-0.2, -0.15) is 0 Å². The summed E-state index contributed by atoms with van der Waals surface area (Å²) >= 11 is 0. The van der Waals surface area contributed by atoms with E-state index in [-0.39, 0.29) is 17.0 Å². The SMILES string of the molecule is CC(C)(C)c1ccc(O)c(-c2cnoc2N)c1. The van der Waals surface area contributed by atoms with E-state index in [1.54, 1.807) is 6.07 Å². The topological polar surface area (TPSA) is 72.3 Å². The molecule has 0 aliphatic heterocycles. The largest absolute Gasteiger partial charge is 0.507 e. The van der Waals surface area contributed by atoms with Crippen LogP contribution in [0.3, 0.4) is 0 Å². The predicted octanol–water partition coefficient (Wildman–Crippen LogP) is 2.93. The Bertz CT molecular complexity index is 539. The van der Waals surface area contributed by atoms with Crippen LogP contribution < -0.4 is 5.73 Å². The molecule has 2 aromatic rings. The van der Waals surface area contributed by atoms with E-state index in [1.807, 2.05) is 12.1 Å². The Labute approximate surface area is 100 Å². The molecule has 90 valence electrons. The van der Waals surface area contributed by atoms with Crippen molar-refractivity contribution in [3.63, 3.8) is 0 Å². The zero-order chi connectivity index (χ0) is 12.6. The lowest BCUT2D eigenvalue weighted by molar-refractivity contribution is 0.436. The van der Waals surface area contributed by atoms with Gasteiger partial charge in [-0.15, -0.1) is 0 Å². The number of phenolic OH excluding ortho intramolecular Hbond substituents is 1. The van der Waals surface area contributed by atoms with Crippen molar-refractivity contribution in [2.45, 2.75) is 26.2 Å². The summed E-state index contributed by atoms with van der Waals surface area (Å²) in [5, 5.41) is 13.5. The summed E-state index contributed by atoms with van der Waals surface area (Å²) < 4.78 is 4.82. The van der Waals surface area contributed by atoms with E-state index in [1.165, 1.54) is 6.20 Å². The standard InChI is InChI=1S/C13H16N2O2/c1-13(2,3)8-4-5-11(16)9(6-8)10-7-15-17-12(10)14/h4-7,16H,14H2,1-3H3. The van der Waals surface area contributed by atoms with Crippen molar-refractivity contribution < 1.29 is 9.63 Å². The Balaban J connectivity index is 2.58. The van der Waals surface area contributed by atoms with Gasteiger partial charge in [-0.1, -0.05) is 32.0 Å². The number of anilines is 1. The molecule has 0 saturated heterocycles. The molecule has 0 unspecified atom stereocenters.